The Kier molecular flexibility index (Phi) is 3.44. The summed E-state index contributed by atoms with van der Waals surface area (Å²) < 4.78 is 28.1. The van der Waals surface area contributed by atoms with Crippen LogP contribution >= 0.6 is 12.4 Å². The topological polar surface area (TPSA) is 29.9 Å². The molecule has 1 aliphatic rings. The molecule has 1 aromatic heterocycles. The molecule has 0 bridgehead atoms. The van der Waals surface area contributed by atoms with Crippen molar-refractivity contribution >= 4 is 12.4 Å². The van der Waals surface area contributed by atoms with Crippen molar-refractivity contribution in [1.29, 1.82) is 0 Å². The second kappa shape index (κ2) is 4.23. The molecule has 1 unspecified atom stereocenters. The van der Waals surface area contributed by atoms with Crippen LogP contribution < -0.4 is 5.32 Å². The quantitative estimate of drug-likeness (QED) is 0.782. The van der Waals surface area contributed by atoms with Crippen LogP contribution in [0.4, 0.5) is 8.78 Å². The molecule has 1 saturated heterocycles. The molecule has 0 aromatic carbocycles. The highest BCUT2D eigenvalue weighted by atomic mass is 35.5. The fourth-order valence-electron chi connectivity index (χ4n) is 1.64. The fraction of sp³-hybridized carbons (Fsp3) is 0.625. The number of imidazole rings is 1. The summed E-state index contributed by atoms with van der Waals surface area (Å²) in [5, 5.41) is 2.68. The number of nitrogens with one attached hydrogen (secondary N) is 1. The van der Waals surface area contributed by atoms with Crippen LogP contribution in [0.15, 0.2) is 18.7 Å². The van der Waals surface area contributed by atoms with Crippen molar-refractivity contribution in [1.82, 2.24) is 14.9 Å². The Bertz CT molecular complexity index is 276. The van der Waals surface area contributed by atoms with Crippen molar-refractivity contribution in [2.75, 3.05) is 13.1 Å². The normalized spacial score (nSPS) is 25.4. The molecule has 0 radical (unpaired) electrons. The molecule has 1 aliphatic heterocycles. The van der Waals surface area contributed by atoms with Gasteiger partial charge in [-0.15, -0.1) is 12.4 Å². The highest BCUT2D eigenvalue weighted by Crippen LogP contribution is 2.33. The minimum Gasteiger partial charge on any atom is -0.328 e. The average Bonchev–Trinajstić information content (AvgIpc) is 2.55. The van der Waals surface area contributed by atoms with Gasteiger partial charge in [0.1, 0.15) is 6.04 Å². The van der Waals surface area contributed by atoms with Crippen LogP contribution in [-0.4, -0.2) is 28.6 Å². The number of hydrogen-bond donors (Lipinski definition) is 1. The smallest absolute Gasteiger partial charge is 0.280 e. The number of halogens is 3. The maximum atomic E-state index is 13.3. The number of hydrogen-bond acceptors (Lipinski definition) is 2. The Morgan fingerprint density at radius 3 is 2.86 bits per heavy atom. The zero-order valence-electron chi connectivity index (χ0n) is 7.49. The molecule has 14 heavy (non-hydrogen) atoms. The molecule has 1 fully saturated rings. The van der Waals surface area contributed by atoms with Crippen LogP contribution in [0.3, 0.4) is 0 Å². The summed E-state index contributed by atoms with van der Waals surface area (Å²) in [5.74, 6) is -2.67. The molecule has 3 nitrogen and oxygen atoms in total. The SMILES string of the molecule is Cl.FC1(F)CNCCC1n1ccnc1. The van der Waals surface area contributed by atoms with Crippen molar-refractivity contribution in [3.63, 3.8) is 0 Å². The van der Waals surface area contributed by atoms with E-state index in [2.05, 4.69) is 10.3 Å². The van der Waals surface area contributed by atoms with Crippen molar-refractivity contribution in [3.05, 3.63) is 18.7 Å². The minimum atomic E-state index is -2.67. The van der Waals surface area contributed by atoms with Crippen molar-refractivity contribution in [3.8, 4) is 0 Å². The molecule has 0 saturated carbocycles. The maximum absolute atomic E-state index is 13.3. The molecule has 0 spiro atoms. The Morgan fingerprint density at radius 1 is 1.50 bits per heavy atom. The summed E-state index contributed by atoms with van der Waals surface area (Å²) >= 11 is 0. The van der Waals surface area contributed by atoms with E-state index in [1.165, 1.54) is 17.1 Å². The summed E-state index contributed by atoms with van der Waals surface area (Å²) in [6.07, 6.45) is 5.01. The van der Waals surface area contributed by atoms with Gasteiger partial charge in [-0.05, 0) is 13.0 Å². The Hall–Kier alpha value is -0.680. The molecule has 0 aliphatic carbocycles. The number of nitrogens with zero attached hydrogens (tertiary/aromatic N) is 2. The summed E-state index contributed by atoms with van der Waals surface area (Å²) in [7, 11) is 0. The predicted octanol–water partition coefficient (Wildman–Crippen LogP) is 1.47. The second-order valence-corrected chi connectivity index (χ2v) is 3.25. The zero-order chi connectivity index (χ0) is 9.31. The summed E-state index contributed by atoms with van der Waals surface area (Å²) in [5.41, 5.74) is 0. The molecule has 2 rings (SSSR count). The predicted molar refractivity (Wildman–Crippen MR) is 50.9 cm³/mol. The lowest BCUT2D eigenvalue weighted by atomic mass is 10.0. The molecule has 80 valence electrons. The summed E-state index contributed by atoms with van der Waals surface area (Å²) in [6.45, 7) is 0.397. The van der Waals surface area contributed by atoms with E-state index in [0.717, 1.165) is 0 Å². The van der Waals surface area contributed by atoms with E-state index in [0.29, 0.717) is 13.0 Å². The molecular formula is C8H12ClF2N3. The van der Waals surface area contributed by atoms with E-state index in [1.54, 1.807) is 6.20 Å². The monoisotopic (exact) mass is 223 g/mol. The van der Waals surface area contributed by atoms with E-state index < -0.39 is 12.0 Å². The molecule has 1 N–H and O–H groups in total. The standard InChI is InChI=1S/C8H11F2N3.ClH/c9-8(10)5-11-2-1-7(8)13-4-3-12-6-13;/h3-4,6-7,11H,1-2,5H2;1H. The lowest BCUT2D eigenvalue weighted by Crippen LogP contribution is -2.46. The van der Waals surface area contributed by atoms with Crippen molar-refractivity contribution < 1.29 is 8.78 Å². The molecule has 6 heteroatoms. The van der Waals surface area contributed by atoms with E-state index in [1.807, 2.05) is 0 Å². The lowest BCUT2D eigenvalue weighted by Gasteiger charge is -2.32. The molecule has 0 amide bonds. The third-order valence-electron chi connectivity index (χ3n) is 2.33. The van der Waals surface area contributed by atoms with Crippen LogP contribution in [-0.2, 0) is 0 Å². The highest BCUT2D eigenvalue weighted by Gasteiger charge is 2.42. The van der Waals surface area contributed by atoms with Gasteiger partial charge in [0.25, 0.3) is 5.92 Å². The zero-order valence-corrected chi connectivity index (χ0v) is 8.31. The first-order valence-corrected chi connectivity index (χ1v) is 4.26. The number of alkyl halides is 2. The lowest BCUT2D eigenvalue weighted by molar-refractivity contribution is -0.0659. The number of piperidine rings is 1. The van der Waals surface area contributed by atoms with Gasteiger partial charge in [0.2, 0.25) is 0 Å². The van der Waals surface area contributed by atoms with Gasteiger partial charge in [-0.1, -0.05) is 0 Å². The highest BCUT2D eigenvalue weighted by molar-refractivity contribution is 5.85. The van der Waals surface area contributed by atoms with Gasteiger partial charge in [-0.2, -0.15) is 0 Å². The van der Waals surface area contributed by atoms with Gasteiger partial charge in [-0.25, -0.2) is 13.8 Å². The molecule has 1 atom stereocenters. The van der Waals surface area contributed by atoms with Gasteiger partial charge in [0, 0.05) is 12.4 Å². The fourth-order valence-corrected chi connectivity index (χ4v) is 1.64. The largest absolute Gasteiger partial charge is 0.328 e. The average molecular weight is 224 g/mol. The van der Waals surface area contributed by atoms with Gasteiger partial charge in [0.05, 0.1) is 12.9 Å². The maximum Gasteiger partial charge on any atom is 0.280 e. The summed E-state index contributed by atoms with van der Waals surface area (Å²) in [6, 6.07) is -0.740. The first kappa shape index (κ1) is 11.4. The van der Waals surface area contributed by atoms with E-state index in [9.17, 15) is 8.78 Å². The van der Waals surface area contributed by atoms with E-state index in [-0.39, 0.29) is 19.0 Å². The van der Waals surface area contributed by atoms with Crippen LogP contribution in [0.2, 0.25) is 0 Å². The molecule has 2 heterocycles. The Balaban J connectivity index is 0.000000980. The van der Waals surface area contributed by atoms with Gasteiger partial charge in [0.15, 0.2) is 0 Å². The van der Waals surface area contributed by atoms with Crippen LogP contribution in [0.5, 0.6) is 0 Å². The van der Waals surface area contributed by atoms with Gasteiger partial charge < -0.3 is 9.88 Å². The third-order valence-corrected chi connectivity index (χ3v) is 2.33. The Labute approximate surface area is 86.9 Å². The van der Waals surface area contributed by atoms with E-state index in [4.69, 9.17) is 0 Å². The molecular weight excluding hydrogens is 212 g/mol. The van der Waals surface area contributed by atoms with Gasteiger partial charge >= 0.3 is 0 Å². The van der Waals surface area contributed by atoms with Gasteiger partial charge in [-0.3, -0.25) is 0 Å². The van der Waals surface area contributed by atoms with Crippen LogP contribution in [0.25, 0.3) is 0 Å². The Morgan fingerprint density at radius 2 is 2.29 bits per heavy atom. The third kappa shape index (κ3) is 2.04. The van der Waals surface area contributed by atoms with Crippen LogP contribution in [0.1, 0.15) is 12.5 Å². The first-order valence-electron chi connectivity index (χ1n) is 4.26. The van der Waals surface area contributed by atoms with Crippen molar-refractivity contribution in [2.24, 2.45) is 0 Å². The molecule has 1 aromatic rings. The minimum absolute atomic E-state index is 0. The van der Waals surface area contributed by atoms with E-state index >= 15 is 0 Å². The number of rotatable bonds is 1. The number of aromatic nitrogens is 2. The second-order valence-electron chi connectivity index (χ2n) is 3.25. The summed E-state index contributed by atoms with van der Waals surface area (Å²) in [4.78, 5) is 3.77. The van der Waals surface area contributed by atoms with Crippen molar-refractivity contribution in [2.45, 2.75) is 18.4 Å². The van der Waals surface area contributed by atoms with Crippen LogP contribution in [0, 0.1) is 0 Å². The first-order chi connectivity index (χ1) is 6.20.